The molecule has 1 N–H and O–H groups in total. The SMILES string of the molecule is C=CCN(c1ccc(C(=O)Nc2ccccc2C(=O)N2CCOCC2)cc1)S(C)(=O)=O. The summed E-state index contributed by atoms with van der Waals surface area (Å²) in [6.45, 7) is 5.69. The first-order valence-corrected chi connectivity index (χ1v) is 11.6. The molecule has 8 nitrogen and oxygen atoms in total. The van der Waals surface area contributed by atoms with Crippen molar-refractivity contribution in [3.63, 3.8) is 0 Å². The van der Waals surface area contributed by atoms with Gasteiger partial charge in [0, 0.05) is 18.7 Å². The molecular weight excluding hydrogens is 418 g/mol. The number of para-hydroxylation sites is 1. The first-order chi connectivity index (χ1) is 14.8. The van der Waals surface area contributed by atoms with Gasteiger partial charge in [0.05, 0.1) is 43.0 Å². The van der Waals surface area contributed by atoms with Crippen molar-refractivity contribution in [2.24, 2.45) is 0 Å². The largest absolute Gasteiger partial charge is 0.378 e. The van der Waals surface area contributed by atoms with Crippen LogP contribution in [0.4, 0.5) is 11.4 Å². The van der Waals surface area contributed by atoms with Gasteiger partial charge in [0.1, 0.15) is 0 Å². The molecule has 1 saturated heterocycles. The van der Waals surface area contributed by atoms with Crippen LogP contribution in [-0.2, 0) is 14.8 Å². The standard InChI is InChI=1S/C22H25N3O5S/c1-3-12-25(31(2,28)29)18-10-8-17(9-11-18)21(26)23-20-7-5-4-6-19(20)22(27)24-13-15-30-16-14-24/h3-11H,1,12-16H2,2H3,(H,23,26). The maximum atomic E-state index is 12.9. The van der Waals surface area contributed by atoms with Gasteiger partial charge in [-0.1, -0.05) is 18.2 Å². The van der Waals surface area contributed by atoms with Gasteiger partial charge in [-0.25, -0.2) is 8.42 Å². The van der Waals surface area contributed by atoms with Crippen LogP contribution in [0.25, 0.3) is 0 Å². The van der Waals surface area contributed by atoms with E-state index >= 15 is 0 Å². The number of anilines is 2. The first kappa shape index (κ1) is 22.5. The van der Waals surface area contributed by atoms with Crippen LogP contribution in [0.5, 0.6) is 0 Å². The van der Waals surface area contributed by atoms with Crippen LogP contribution in [0.3, 0.4) is 0 Å². The molecule has 0 aliphatic carbocycles. The van der Waals surface area contributed by atoms with E-state index in [0.717, 1.165) is 6.26 Å². The highest BCUT2D eigenvalue weighted by Gasteiger charge is 2.22. The molecular formula is C22H25N3O5S. The lowest BCUT2D eigenvalue weighted by atomic mass is 10.1. The zero-order chi connectivity index (χ0) is 22.4. The van der Waals surface area contributed by atoms with Crippen LogP contribution >= 0.6 is 0 Å². The van der Waals surface area contributed by atoms with E-state index in [1.807, 2.05) is 0 Å². The Labute approximate surface area is 182 Å². The number of carbonyl (C=O) groups is 2. The number of rotatable bonds is 7. The quantitative estimate of drug-likeness (QED) is 0.663. The second-order valence-electron chi connectivity index (χ2n) is 7.03. The molecule has 2 aromatic carbocycles. The van der Waals surface area contributed by atoms with E-state index in [1.165, 1.54) is 10.4 Å². The summed E-state index contributed by atoms with van der Waals surface area (Å²) in [6, 6.07) is 13.0. The number of ether oxygens (including phenoxy) is 1. The Morgan fingerprint density at radius 3 is 2.39 bits per heavy atom. The molecule has 0 aromatic heterocycles. The van der Waals surface area contributed by atoms with Crippen LogP contribution in [0.15, 0.2) is 61.2 Å². The maximum absolute atomic E-state index is 12.9. The molecule has 3 rings (SSSR count). The Kier molecular flexibility index (Phi) is 7.09. The highest BCUT2D eigenvalue weighted by molar-refractivity contribution is 7.92. The van der Waals surface area contributed by atoms with Crippen molar-refractivity contribution in [1.82, 2.24) is 4.90 Å². The molecule has 31 heavy (non-hydrogen) atoms. The van der Waals surface area contributed by atoms with Crippen LogP contribution in [0.2, 0.25) is 0 Å². The average Bonchev–Trinajstić information content (AvgIpc) is 2.77. The van der Waals surface area contributed by atoms with Crippen molar-refractivity contribution in [1.29, 1.82) is 0 Å². The van der Waals surface area contributed by atoms with Crippen molar-refractivity contribution in [3.05, 3.63) is 72.3 Å². The molecule has 0 spiro atoms. The summed E-state index contributed by atoms with van der Waals surface area (Å²) in [5.74, 6) is -0.564. The van der Waals surface area contributed by atoms with Crippen LogP contribution in [0.1, 0.15) is 20.7 Å². The third kappa shape index (κ3) is 5.50. The molecule has 0 saturated carbocycles. The number of sulfonamides is 1. The molecule has 0 bridgehead atoms. The highest BCUT2D eigenvalue weighted by Crippen LogP contribution is 2.21. The Bertz CT molecular complexity index is 1060. The summed E-state index contributed by atoms with van der Waals surface area (Å²) in [5, 5.41) is 2.79. The molecule has 164 valence electrons. The average molecular weight is 444 g/mol. The van der Waals surface area contributed by atoms with E-state index in [2.05, 4.69) is 11.9 Å². The molecule has 1 fully saturated rings. The molecule has 2 amide bonds. The van der Waals surface area contributed by atoms with Crippen molar-refractivity contribution >= 4 is 33.2 Å². The summed E-state index contributed by atoms with van der Waals surface area (Å²) >= 11 is 0. The number of nitrogens with one attached hydrogen (secondary N) is 1. The topological polar surface area (TPSA) is 96.0 Å². The number of hydrogen-bond acceptors (Lipinski definition) is 5. The first-order valence-electron chi connectivity index (χ1n) is 9.77. The molecule has 0 unspecified atom stereocenters. The van der Waals surface area contributed by atoms with E-state index in [4.69, 9.17) is 4.74 Å². The van der Waals surface area contributed by atoms with E-state index in [0.29, 0.717) is 48.8 Å². The van der Waals surface area contributed by atoms with Crippen molar-refractivity contribution < 1.29 is 22.7 Å². The van der Waals surface area contributed by atoms with Gasteiger partial charge < -0.3 is 15.0 Å². The Hall–Kier alpha value is -3.17. The van der Waals surface area contributed by atoms with E-state index in [-0.39, 0.29) is 12.5 Å². The Balaban J connectivity index is 1.78. The lowest BCUT2D eigenvalue weighted by Crippen LogP contribution is -2.41. The highest BCUT2D eigenvalue weighted by atomic mass is 32.2. The zero-order valence-electron chi connectivity index (χ0n) is 17.3. The number of carbonyl (C=O) groups excluding carboxylic acids is 2. The van der Waals surface area contributed by atoms with Gasteiger partial charge in [0.2, 0.25) is 10.0 Å². The third-order valence-corrected chi connectivity index (χ3v) is 5.98. The number of nitrogens with zero attached hydrogens (tertiary/aromatic N) is 2. The van der Waals surface area contributed by atoms with Gasteiger partial charge in [-0.2, -0.15) is 0 Å². The van der Waals surface area contributed by atoms with Gasteiger partial charge in [-0.05, 0) is 36.4 Å². The summed E-state index contributed by atoms with van der Waals surface area (Å²) in [6.07, 6.45) is 2.60. The van der Waals surface area contributed by atoms with Crippen LogP contribution in [0, 0.1) is 0 Å². The minimum Gasteiger partial charge on any atom is -0.378 e. The van der Waals surface area contributed by atoms with Gasteiger partial charge in [0.25, 0.3) is 11.8 Å². The normalized spacial score (nSPS) is 14.0. The summed E-state index contributed by atoms with van der Waals surface area (Å²) in [7, 11) is -3.48. The van der Waals surface area contributed by atoms with Crippen molar-refractivity contribution in [3.8, 4) is 0 Å². The fourth-order valence-corrected chi connectivity index (χ4v) is 4.12. The minimum absolute atomic E-state index is 0.126. The smallest absolute Gasteiger partial charge is 0.256 e. The minimum atomic E-state index is -3.48. The van der Waals surface area contributed by atoms with Crippen LogP contribution in [-0.4, -0.2) is 64.2 Å². The van der Waals surface area contributed by atoms with Gasteiger partial charge in [-0.3, -0.25) is 13.9 Å². The van der Waals surface area contributed by atoms with E-state index < -0.39 is 15.9 Å². The zero-order valence-corrected chi connectivity index (χ0v) is 18.1. The molecule has 2 aromatic rings. The fraction of sp³-hybridized carbons (Fsp3) is 0.273. The Morgan fingerprint density at radius 2 is 1.77 bits per heavy atom. The molecule has 1 aliphatic heterocycles. The lowest BCUT2D eigenvalue weighted by Gasteiger charge is -2.27. The van der Waals surface area contributed by atoms with Gasteiger partial charge >= 0.3 is 0 Å². The summed E-state index contributed by atoms with van der Waals surface area (Å²) in [4.78, 5) is 27.3. The monoisotopic (exact) mass is 443 g/mol. The summed E-state index contributed by atoms with van der Waals surface area (Å²) in [5.41, 5.74) is 1.59. The molecule has 9 heteroatoms. The van der Waals surface area contributed by atoms with Crippen LogP contribution < -0.4 is 9.62 Å². The predicted octanol–water partition coefficient (Wildman–Crippen LogP) is 2.36. The number of morpholine rings is 1. The Morgan fingerprint density at radius 1 is 1.13 bits per heavy atom. The predicted molar refractivity (Wildman–Crippen MR) is 120 cm³/mol. The second kappa shape index (κ2) is 9.76. The van der Waals surface area contributed by atoms with E-state index in [9.17, 15) is 18.0 Å². The number of hydrogen-bond donors (Lipinski definition) is 1. The van der Waals surface area contributed by atoms with Crippen molar-refractivity contribution in [2.45, 2.75) is 0 Å². The van der Waals surface area contributed by atoms with Crippen molar-refractivity contribution in [2.75, 3.05) is 48.7 Å². The molecule has 1 heterocycles. The van der Waals surface area contributed by atoms with E-state index in [1.54, 1.807) is 53.4 Å². The lowest BCUT2D eigenvalue weighted by molar-refractivity contribution is 0.0303. The van der Waals surface area contributed by atoms with Gasteiger partial charge in [-0.15, -0.1) is 6.58 Å². The maximum Gasteiger partial charge on any atom is 0.256 e. The molecule has 0 radical (unpaired) electrons. The number of benzene rings is 2. The second-order valence-corrected chi connectivity index (χ2v) is 8.94. The number of amides is 2. The fourth-order valence-electron chi connectivity index (χ4n) is 3.24. The van der Waals surface area contributed by atoms with Gasteiger partial charge in [0.15, 0.2) is 0 Å². The third-order valence-electron chi connectivity index (χ3n) is 4.82. The molecule has 0 atom stereocenters. The summed E-state index contributed by atoms with van der Waals surface area (Å²) < 4.78 is 30.4. The molecule has 1 aliphatic rings.